The number of benzene rings is 1. The predicted molar refractivity (Wildman–Crippen MR) is 68.6 cm³/mol. The molecular formula is C13H13N3O4. The summed E-state index contributed by atoms with van der Waals surface area (Å²) in [6.45, 7) is 0.619. The molecule has 0 aliphatic carbocycles. The normalized spacial score (nSPS) is 10.4. The fraction of sp³-hybridized carbons (Fsp3) is 0.231. The second-order valence-electron chi connectivity index (χ2n) is 4.13. The minimum absolute atomic E-state index is 0.220. The fourth-order valence-electron chi connectivity index (χ4n) is 1.78. The number of methoxy groups -OCH3 is 1. The first kappa shape index (κ1) is 13.9. The van der Waals surface area contributed by atoms with E-state index in [0.717, 1.165) is 5.56 Å². The lowest BCUT2D eigenvalue weighted by molar-refractivity contribution is 0.0696. The molecule has 7 heteroatoms. The van der Waals surface area contributed by atoms with Crippen molar-refractivity contribution in [3.05, 3.63) is 46.8 Å². The van der Waals surface area contributed by atoms with Crippen LogP contribution in [0.3, 0.4) is 0 Å². The Morgan fingerprint density at radius 3 is 2.65 bits per heavy atom. The highest BCUT2D eigenvalue weighted by atomic mass is 16.5. The quantitative estimate of drug-likeness (QED) is 0.790. The van der Waals surface area contributed by atoms with Crippen LogP contribution in [0.15, 0.2) is 24.3 Å². The van der Waals surface area contributed by atoms with Gasteiger partial charge in [-0.05, 0) is 17.7 Å². The van der Waals surface area contributed by atoms with Crippen LogP contribution in [0.25, 0.3) is 0 Å². The van der Waals surface area contributed by atoms with Gasteiger partial charge in [0.25, 0.3) is 0 Å². The summed E-state index contributed by atoms with van der Waals surface area (Å²) in [5, 5.41) is 16.5. The van der Waals surface area contributed by atoms with Crippen LogP contribution in [0.2, 0.25) is 0 Å². The number of nitrogens with zero attached hydrogens (tertiary/aromatic N) is 3. The largest absolute Gasteiger partial charge is 0.478 e. The number of aromatic nitrogens is 3. The van der Waals surface area contributed by atoms with E-state index in [0.29, 0.717) is 18.5 Å². The Labute approximate surface area is 114 Å². The SMILES string of the molecule is COCc1c(C=O)nnn1Cc1ccc(C(=O)O)cc1. The second kappa shape index (κ2) is 6.07. The fourth-order valence-corrected chi connectivity index (χ4v) is 1.78. The first-order valence-corrected chi connectivity index (χ1v) is 5.84. The highest BCUT2D eigenvalue weighted by Gasteiger charge is 2.12. The summed E-state index contributed by atoms with van der Waals surface area (Å²) in [5.74, 6) is -0.972. The van der Waals surface area contributed by atoms with Crippen LogP contribution in [-0.4, -0.2) is 39.5 Å². The number of hydrogen-bond donors (Lipinski definition) is 1. The van der Waals surface area contributed by atoms with Gasteiger partial charge in [-0.15, -0.1) is 5.10 Å². The van der Waals surface area contributed by atoms with Crippen LogP contribution in [0.1, 0.15) is 32.1 Å². The molecule has 0 bridgehead atoms. The third kappa shape index (κ3) is 2.89. The average Bonchev–Trinajstić information content (AvgIpc) is 2.82. The number of carbonyl (C=O) groups excluding carboxylic acids is 1. The highest BCUT2D eigenvalue weighted by molar-refractivity contribution is 5.87. The molecule has 0 aliphatic heterocycles. The van der Waals surface area contributed by atoms with Crippen LogP contribution in [0, 0.1) is 0 Å². The number of hydrogen-bond acceptors (Lipinski definition) is 5. The van der Waals surface area contributed by atoms with Gasteiger partial charge < -0.3 is 9.84 Å². The summed E-state index contributed by atoms with van der Waals surface area (Å²) in [7, 11) is 1.52. The summed E-state index contributed by atoms with van der Waals surface area (Å²) in [6.07, 6.45) is 0.630. The molecule has 104 valence electrons. The summed E-state index contributed by atoms with van der Waals surface area (Å²) in [5.41, 5.74) is 1.91. The lowest BCUT2D eigenvalue weighted by Crippen LogP contribution is -2.08. The smallest absolute Gasteiger partial charge is 0.335 e. The Bertz CT molecular complexity index is 619. The molecule has 2 rings (SSSR count). The number of aldehydes is 1. The maximum absolute atomic E-state index is 10.9. The highest BCUT2D eigenvalue weighted by Crippen LogP contribution is 2.10. The zero-order valence-electron chi connectivity index (χ0n) is 10.8. The molecule has 0 atom stereocenters. The van der Waals surface area contributed by atoms with Gasteiger partial charge in [-0.25, -0.2) is 9.48 Å². The molecular weight excluding hydrogens is 262 g/mol. The molecule has 0 unspecified atom stereocenters. The molecule has 20 heavy (non-hydrogen) atoms. The van der Waals surface area contributed by atoms with Crippen molar-refractivity contribution in [3.63, 3.8) is 0 Å². The zero-order valence-corrected chi connectivity index (χ0v) is 10.8. The van der Waals surface area contributed by atoms with Crippen molar-refractivity contribution in [2.45, 2.75) is 13.2 Å². The van der Waals surface area contributed by atoms with Crippen molar-refractivity contribution in [1.29, 1.82) is 0 Å². The molecule has 1 aromatic carbocycles. The first-order valence-electron chi connectivity index (χ1n) is 5.84. The molecule has 0 amide bonds. The van der Waals surface area contributed by atoms with E-state index in [1.165, 1.54) is 19.2 Å². The molecule has 2 aromatic rings. The van der Waals surface area contributed by atoms with Gasteiger partial charge in [-0.2, -0.15) is 0 Å². The number of rotatable bonds is 6. The Morgan fingerprint density at radius 1 is 1.40 bits per heavy atom. The van der Waals surface area contributed by atoms with Crippen molar-refractivity contribution < 1.29 is 19.4 Å². The van der Waals surface area contributed by atoms with Crippen LogP contribution in [0.4, 0.5) is 0 Å². The third-order valence-electron chi connectivity index (χ3n) is 2.79. The number of carbonyl (C=O) groups is 2. The molecule has 7 nitrogen and oxygen atoms in total. The summed E-state index contributed by atoms with van der Waals surface area (Å²) in [4.78, 5) is 21.6. The molecule has 0 saturated heterocycles. The first-order chi connectivity index (χ1) is 9.65. The molecule has 0 fully saturated rings. The van der Waals surface area contributed by atoms with Crippen LogP contribution < -0.4 is 0 Å². The van der Waals surface area contributed by atoms with E-state index in [-0.39, 0.29) is 17.9 Å². The van der Waals surface area contributed by atoms with Gasteiger partial charge in [0, 0.05) is 7.11 Å². The molecule has 1 N–H and O–H groups in total. The van der Waals surface area contributed by atoms with E-state index in [9.17, 15) is 9.59 Å². The van der Waals surface area contributed by atoms with E-state index in [4.69, 9.17) is 9.84 Å². The molecule has 1 aromatic heterocycles. The standard InChI is InChI=1S/C13H13N3O4/c1-20-8-12-11(7-17)14-15-16(12)6-9-2-4-10(5-3-9)13(18)19/h2-5,7H,6,8H2,1H3,(H,18,19). The lowest BCUT2D eigenvalue weighted by Gasteiger charge is -2.06. The minimum Gasteiger partial charge on any atom is -0.478 e. The molecule has 0 aliphatic rings. The Hall–Kier alpha value is -2.54. The number of carboxylic acids is 1. The van der Waals surface area contributed by atoms with Gasteiger partial charge in [0.2, 0.25) is 0 Å². The topological polar surface area (TPSA) is 94.3 Å². The molecule has 0 spiro atoms. The predicted octanol–water partition coefficient (Wildman–Crippen LogP) is 0.984. The third-order valence-corrected chi connectivity index (χ3v) is 2.79. The zero-order chi connectivity index (χ0) is 14.5. The van der Waals surface area contributed by atoms with Crippen molar-refractivity contribution in [2.24, 2.45) is 0 Å². The summed E-state index contributed by atoms with van der Waals surface area (Å²) >= 11 is 0. The van der Waals surface area contributed by atoms with Gasteiger partial charge in [-0.3, -0.25) is 4.79 Å². The Kier molecular flexibility index (Phi) is 4.21. The molecule has 0 saturated carbocycles. The van der Waals surface area contributed by atoms with Gasteiger partial charge in [0.1, 0.15) is 0 Å². The maximum atomic E-state index is 10.9. The van der Waals surface area contributed by atoms with Gasteiger partial charge in [0.05, 0.1) is 24.4 Å². The molecule has 0 radical (unpaired) electrons. The monoisotopic (exact) mass is 275 g/mol. The van der Waals surface area contributed by atoms with Crippen LogP contribution >= 0.6 is 0 Å². The van der Waals surface area contributed by atoms with Crippen molar-refractivity contribution in [2.75, 3.05) is 7.11 Å². The minimum atomic E-state index is -0.972. The number of carboxylic acid groups (broad SMARTS) is 1. The van der Waals surface area contributed by atoms with E-state index in [2.05, 4.69) is 10.3 Å². The van der Waals surface area contributed by atoms with E-state index < -0.39 is 5.97 Å². The van der Waals surface area contributed by atoms with Gasteiger partial charge in [0.15, 0.2) is 12.0 Å². The Morgan fingerprint density at radius 2 is 2.10 bits per heavy atom. The van der Waals surface area contributed by atoms with Gasteiger partial charge in [-0.1, -0.05) is 17.3 Å². The number of aromatic carboxylic acids is 1. The van der Waals surface area contributed by atoms with E-state index in [1.54, 1.807) is 16.8 Å². The van der Waals surface area contributed by atoms with Crippen molar-refractivity contribution >= 4 is 12.3 Å². The van der Waals surface area contributed by atoms with Crippen molar-refractivity contribution in [3.8, 4) is 0 Å². The second-order valence-corrected chi connectivity index (χ2v) is 4.13. The van der Waals surface area contributed by atoms with Crippen LogP contribution in [-0.2, 0) is 17.9 Å². The number of ether oxygens (including phenoxy) is 1. The van der Waals surface area contributed by atoms with Crippen molar-refractivity contribution in [1.82, 2.24) is 15.0 Å². The lowest BCUT2D eigenvalue weighted by atomic mass is 10.1. The molecule has 1 heterocycles. The van der Waals surface area contributed by atoms with Crippen LogP contribution in [0.5, 0.6) is 0 Å². The maximum Gasteiger partial charge on any atom is 0.335 e. The summed E-state index contributed by atoms with van der Waals surface area (Å²) < 4.78 is 6.58. The van der Waals surface area contributed by atoms with E-state index in [1.807, 2.05) is 0 Å². The Balaban J connectivity index is 2.23. The van der Waals surface area contributed by atoms with Gasteiger partial charge >= 0.3 is 5.97 Å². The van der Waals surface area contributed by atoms with E-state index >= 15 is 0 Å². The average molecular weight is 275 g/mol. The summed E-state index contributed by atoms with van der Waals surface area (Å²) in [6, 6.07) is 6.43.